The van der Waals surface area contributed by atoms with Crippen molar-refractivity contribution in [2.24, 2.45) is 5.41 Å². The van der Waals surface area contributed by atoms with E-state index in [1.807, 2.05) is 36.4 Å². The second-order valence-corrected chi connectivity index (χ2v) is 5.17. The lowest BCUT2D eigenvalue weighted by Gasteiger charge is -2.36. The minimum atomic E-state index is -0.468. The number of hydrogen-bond acceptors (Lipinski definition) is 3. The van der Waals surface area contributed by atoms with Crippen LogP contribution in [-0.4, -0.2) is 31.7 Å². The predicted molar refractivity (Wildman–Crippen MR) is 81.5 cm³/mol. The maximum Gasteiger partial charge on any atom is 0.146 e. The van der Waals surface area contributed by atoms with Crippen LogP contribution < -0.4 is 0 Å². The molecule has 0 amide bonds. The van der Waals surface area contributed by atoms with Crippen molar-refractivity contribution in [2.45, 2.75) is 32.3 Å². The van der Waals surface area contributed by atoms with Crippen molar-refractivity contribution in [3.05, 3.63) is 48.6 Å². The lowest BCUT2D eigenvalue weighted by Crippen LogP contribution is -2.40. The third-order valence-corrected chi connectivity index (χ3v) is 3.82. The molecule has 1 aromatic carbocycles. The zero-order valence-corrected chi connectivity index (χ0v) is 12.5. The second kappa shape index (κ2) is 8.90. The van der Waals surface area contributed by atoms with Gasteiger partial charge in [0.1, 0.15) is 6.79 Å². The molecule has 3 nitrogen and oxygen atoms in total. The van der Waals surface area contributed by atoms with Crippen LogP contribution in [0, 0.1) is 5.41 Å². The summed E-state index contributed by atoms with van der Waals surface area (Å²) in [5.41, 5.74) is 0.824. The predicted octanol–water partition coefficient (Wildman–Crippen LogP) is 3.18. The number of aliphatic hydroxyl groups is 1. The van der Waals surface area contributed by atoms with Gasteiger partial charge in [-0.05, 0) is 24.8 Å². The Morgan fingerprint density at radius 1 is 1.35 bits per heavy atom. The van der Waals surface area contributed by atoms with Crippen LogP contribution in [0.25, 0.3) is 0 Å². The molecule has 1 rings (SSSR count). The molecular formula is C17H26O3. The molecule has 0 fully saturated rings. The number of rotatable bonds is 10. The van der Waals surface area contributed by atoms with E-state index in [4.69, 9.17) is 9.47 Å². The molecule has 0 unspecified atom stereocenters. The highest BCUT2D eigenvalue weighted by Gasteiger charge is 2.35. The monoisotopic (exact) mass is 278 g/mol. The van der Waals surface area contributed by atoms with Crippen LogP contribution in [0.15, 0.2) is 43.0 Å². The maximum atomic E-state index is 10.7. The highest BCUT2D eigenvalue weighted by molar-refractivity contribution is 5.16. The van der Waals surface area contributed by atoms with Crippen LogP contribution in [0.1, 0.15) is 25.3 Å². The average Bonchev–Trinajstić information content (AvgIpc) is 2.47. The van der Waals surface area contributed by atoms with Crippen LogP contribution in [0.2, 0.25) is 0 Å². The smallest absolute Gasteiger partial charge is 0.146 e. The number of allylic oxidation sites excluding steroid dienone is 1. The lowest BCUT2D eigenvalue weighted by atomic mass is 9.75. The van der Waals surface area contributed by atoms with Gasteiger partial charge in [0.15, 0.2) is 0 Å². The number of hydrogen-bond donors (Lipinski definition) is 1. The summed E-state index contributed by atoms with van der Waals surface area (Å²) >= 11 is 0. The molecule has 20 heavy (non-hydrogen) atoms. The van der Waals surface area contributed by atoms with Gasteiger partial charge in [0.2, 0.25) is 0 Å². The van der Waals surface area contributed by atoms with Gasteiger partial charge in [0, 0.05) is 12.5 Å². The second-order valence-electron chi connectivity index (χ2n) is 5.17. The molecule has 3 heteroatoms. The Morgan fingerprint density at radius 3 is 2.60 bits per heavy atom. The molecule has 0 saturated carbocycles. The van der Waals surface area contributed by atoms with Crippen LogP contribution in [0.3, 0.4) is 0 Å². The molecule has 0 spiro atoms. The molecule has 0 aliphatic rings. The highest BCUT2D eigenvalue weighted by Crippen LogP contribution is 2.33. The van der Waals surface area contributed by atoms with Crippen LogP contribution in [-0.2, 0) is 15.9 Å². The number of ether oxygens (including phenoxy) is 2. The largest absolute Gasteiger partial charge is 0.392 e. The van der Waals surface area contributed by atoms with Gasteiger partial charge in [0.05, 0.1) is 12.7 Å². The minimum absolute atomic E-state index is 0.247. The number of aliphatic hydroxyl groups excluding tert-OH is 1. The first-order valence-corrected chi connectivity index (χ1v) is 7.08. The summed E-state index contributed by atoms with van der Waals surface area (Å²) < 4.78 is 10.4. The van der Waals surface area contributed by atoms with Gasteiger partial charge in [0.25, 0.3) is 0 Å². The molecule has 2 atom stereocenters. The first kappa shape index (κ1) is 16.9. The van der Waals surface area contributed by atoms with E-state index < -0.39 is 6.10 Å². The SMILES string of the molecule is C=CC[C@](CC)(COCOC)[C@H](O)Cc1ccccc1. The molecule has 1 aromatic rings. The van der Waals surface area contributed by atoms with Gasteiger partial charge in [-0.2, -0.15) is 0 Å². The Morgan fingerprint density at radius 2 is 2.05 bits per heavy atom. The van der Waals surface area contributed by atoms with Crippen molar-refractivity contribution >= 4 is 0 Å². The number of benzene rings is 1. The molecule has 0 bridgehead atoms. The Hall–Kier alpha value is -1.16. The van der Waals surface area contributed by atoms with E-state index in [2.05, 4.69) is 13.5 Å². The van der Waals surface area contributed by atoms with E-state index in [1.54, 1.807) is 7.11 Å². The summed E-state index contributed by atoms with van der Waals surface area (Å²) in [7, 11) is 1.60. The summed E-state index contributed by atoms with van der Waals surface area (Å²) in [4.78, 5) is 0. The topological polar surface area (TPSA) is 38.7 Å². The van der Waals surface area contributed by atoms with Gasteiger partial charge in [-0.3, -0.25) is 0 Å². The standard InChI is InChI=1S/C17H26O3/c1-4-11-17(5-2,13-20-14-19-3)16(18)12-15-9-7-6-8-10-15/h4,6-10,16,18H,1,5,11-14H2,2-3H3/t16-,17-/m1/s1. The molecule has 0 aliphatic carbocycles. The van der Waals surface area contributed by atoms with E-state index in [9.17, 15) is 5.11 Å². The molecule has 0 aliphatic heterocycles. The molecular weight excluding hydrogens is 252 g/mol. The first-order chi connectivity index (χ1) is 9.68. The Balaban J connectivity index is 2.76. The maximum absolute atomic E-state index is 10.7. The molecule has 0 heterocycles. The third kappa shape index (κ3) is 4.75. The van der Waals surface area contributed by atoms with Crippen LogP contribution in [0.5, 0.6) is 0 Å². The Bertz CT molecular complexity index is 377. The highest BCUT2D eigenvalue weighted by atomic mass is 16.7. The fourth-order valence-electron chi connectivity index (χ4n) is 2.44. The Labute approximate surface area is 122 Å². The van der Waals surface area contributed by atoms with Crippen molar-refractivity contribution in [3.63, 3.8) is 0 Å². The van der Waals surface area contributed by atoms with Crippen molar-refractivity contribution in [3.8, 4) is 0 Å². The van der Waals surface area contributed by atoms with Crippen molar-refractivity contribution in [1.82, 2.24) is 0 Å². The lowest BCUT2D eigenvalue weighted by molar-refractivity contribution is -0.0987. The molecule has 0 aromatic heterocycles. The van der Waals surface area contributed by atoms with E-state index >= 15 is 0 Å². The zero-order chi connectivity index (χ0) is 14.8. The van der Waals surface area contributed by atoms with Gasteiger partial charge in [-0.25, -0.2) is 0 Å². The van der Waals surface area contributed by atoms with Crippen LogP contribution >= 0.6 is 0 Å². The normalized spacial score (nSPS) is 15.6. The Kier molecular flexibility index (Phi) is 7.52. The fourth-order valence-corrected chi connectivity index (χ4v) is 2.44. The summed E-state index contributed by atoms with van der Waals surface area (Å²) in [6, 6.07) is 10.0. The molecule has 0 radical (unpaired) electrons. The van der Waals surface area contributed by atoms with E-state index in [0.29, 0.717) is 13.0 Å². The third-order valence-electron chi connectivity index (χ3n) is 3.82. The van der Waals surface area contributed by atoms with E-state index in [1.165, 1.54) is 0 Å². The van der Waals surface area contributed by atoms with Crippen molar-refractivity contribution in [2.75, 3.05) is 20.5 Å². The summed E-state index contributed by atoms with van der Waals surface area (Å²) in [5.74, 6) is 0. The van der Waals surface area contributed by atoms with Gasteiger partial charge in [-0.1, -0.05) is 43.3 Å². The van der Waals surface area contributed by atoms with Crippen molar-refractivity contribution in [1.29, 1.82) is 0 Å². The van der Waals surface area contributed by atoms with Gasteiger partial charge < -0.3 is 14.6 Å². The number of methoxy groups -OCH3 is 1. The van der Waals surface area contributed by atoms with Gasteiger partial charge in [-0.15, -0.1) is 6.58 Å². The summed E-state index contributed by atoms with van der Waals surface area (Å²) in [5, 5.41) is 10.7. The zero-order valence-electron chi connectivity index (χ0n) is 12.5. The minimum Gasteiger partial charge on any atom is -0.392 e. The summed E-state index contributed by atoms with van der Waals surface area (Å²) in [6.07, 6.45) is 3.56. The van der Waals surface area contributed by atoms with E-state index in [-0.39, 0.29) is 12.2 Å². The van der Waals surface area contributed by atoms with Crippen molar-refractivity contribution < 1.29 is 14.6 Å². The first-order valence-electron chi connectivity index (χ1n) is 7.08. The average molecular weight is 278 g/mol. The fraction of sp³-hybridized carbons (Fsp3) is 0.529. The molecule has 1 N–H and O–H groups in total. The summed E-state index contributed by atoms with van der Waals surface area (Å²) in [6.45, 7) is 6.61. The van der Waals surface area contributed by atoms with Crippen LogP contribution in [0.4, 0.5) is 0 Å². The van der Waals surface area contributed by atoms with E-state index in [0.717, 1.165) is 18.4 Å². The quantitative estimate of drug-likeness (QED) is 0.406. The molecule has 0 saturated heterocycles. The van der Waals surface area contributed by atoms with Gasteiger partial charge >= 0.3 is 0 Å². The molecule has 112 valence electrons.